The summed E-state index contributed by atoms with van der Waals surface area (Å²) in [5.41, 5.74) is -0.197. The fraction of sp³-hybridized carbons (Fsp3) is 0.211. The lowest BCUT2D eigenvalue weighted by Gasteiger charge is -2.13. The number of para-hydroxylation sites is 1. The van der Waals surface area contributed by atoms with Crippen LogP contribution in [0.25, 0.3) is 5.82 Å². The third-order valence-electron chi connectivity index (χ3n) is 3.77. The molecule has 29 heavy (non-hydrogen) atoms. The van der Waals surface area contributed by atoms with Crippen molar-refractivity contribution in [1.82, 2.24) is 19.9 Å². The molecule has 3 aromatic rings. The number of aromatic nitrogens is 3. The van der Waals surface area contributed by atoms with Gasteiger partial charge in [-0.1, -0.05) is 12.1 Å². The Balaban J connectivity index is 1.57. The molecule has 2 aromatic heterocycles. The predicted molar refractivity (Wildman–Crippen MR) is 100 cm³/mol. The number of carbonyl (C=O) groups excluding carboxylic acids is 1. The topological polar surface area (TPSA) is 81.1 Å². The molecular formula is C19H18F3N5O2. The van der Waals surface area contributed by atoms with Crippen molar-refractivity contribution in [2.24, 2.45) is 0 Å². The Labute approximate surface area is 164 Å². The Kier molecular flexibility index (Phi) is 6.01. The fourth-order valence-electron chi connectivity index (χ4n) is 2.59. The molecule has 0 fully saturated rings. The number of nitrogens with one attached hydrogen (secondary N) is 2. The number of nitrogens with zero attached hydrogens (tertiary/aromatic N) is 3. The van der Waals surface area contributed by atoms with Gasteiger partial charge in [0.25, 0.3) is 5.91 Å². The third kappa shape index (κ3) is 5.71. The van der Waals surface area contributed by atoms with Crippen LogP contribution in [-0.4, -0.2) is 39.9 Å². The second-order valence-corrected chi connectivity index (χ2v) is 5.98. The zero-order valence-electron chi connectivity index (χ0n) is 15.4. The Hall–Kier alpha value is -3.56. The van der Waals surface area contributed by atoms with E-state index in [1.54, 1.807) is 13.0 Å². The number of amides is 1. The lowest BCUT2D eigenvalue weighted by Crippen LogP contribution is -2.30. The number of aryl methyl sites for hydroxylation is 1. The number of carbonyl (C=O) groups is 1. The van der Waals surface area contributed by atoms with Crippen LogP contribution < -0.4 is 15.4 Å². The summed E-state index contributed by atoms with van der Waals surface area (Å²) >= 11 is 0. The van der Waals surface area contributed by atoms with E-state index < -0.39 is 18.0 Å². The van der Waals surface area contributed by atoms with E-state index in [0.29, 0.717) is 24.0 Å². The Bertz CT molecular complexity index is 974. The van der Waals surface area contributed by atoms with Crippen LogP contribution in [0.3, 0.4) is 0 Å². The molecule has 1 aromatic carbocycles. The zero-order chi connectivity index (χ0) is 20.9. The Morgan fingerprint density at radius 1 is 1.10 bits per heavy atom. The van der Waals surface area contributed by atoms with Gasteiger partial charge in [0.05, 0.1) is 5.56 Å². The van der Waals surface area contributed by atoms with E-state index in [1.165, 1.54) is 18.2 Å². The van der Waals surface area contributed by atoms with Crippen molar-refractivity contribution in [2.75, 3.05) is 18.4 Å². The van der Waals surface area contributed by atoms with Gasteiger partial charge in [-0.25, -0.2) is 9.97 Å². The molecule has 10 heteroatoms. The van der Waals surface area contributed by atoms with E-state index >= 15 is 0 Å². The molecule has 0 radical (unpaired) electrons. The van der Waals surface area contributed by atoms with Crippen molar-refractivity contribution in [3.05, 3.63) is 66.2 Å². The highest BCUT2D eigenvalue weighted by Gasteiger charge is 2.32. The van der Waals surface area contributed by atoms with Gasteiger partial charge in [0.1, 0.15) is 23.2 Å². The van der Waals surface area contributed by atoms with Gasteiger partial charge >= 0.3 is 6.36 Å². The Morgan fingerprint density at radius 2 is 1.83 bits per heavy atom. The molecule has 2 heterocycles. The van der Waals surface area contributed by atoms with Gasteiger partial charge in [0.15, 0.2) is 0 Å². The summed E-state index contributed by atoms with van der Waals surface area (Å²) in [6.07, 6.45) is -1.17. The van der Waals surface area contributed by atoms with Crippen molar-refractivity contribution in [1.29, 1.82) is 0 Å². The van der Waals surface area contributed by atoms with Gasteiger partial charge in [-0.15, -0.1) is 13.2 Å². The predicted octanol–water partition coefficient (Wildman–Crippen LogP) is 3.32. The monoisotopic (exact) mass is 405 g/mol. The van der Waals surface area contributed by atoms with Gasteiger partial charge in [-0.3, -0.25) is 4.79 Å². The molecule has 0 bridgehead atoms. The first-order chi connectivity index (χ1) is 13.8. The first kappa shape index (κ1) is 20.2. The highest BCUT2D eigenvalue weighted by Crippen LogP contribution is 2.26. The van der Waals surface area contributed by atoms with Crippen LogP contribution >= 0.6 is 0 Å². The van der Waals surface area contributed by atoms with E-state index in [1.807, 2.05) is 29.1 Å². The van der Waals surface area contributed by atoms with Gasteiger partial charge in [0.2, 0.25) is 0 Å². The zero-order valence-corrected chi connectivity index (χ0v) is 15.4. The first-order valence-electron chi connectivity index (χ1n) is 8.68. The number of hydrogen-bond acceptors (Lipinski definition) is 5. The largest absolute Gasteiger partial charge is 0.573 e. The molecule has 3 rings (SSSR count). The summed E-state index contributed by atoms with van der Waals surface area (Å²) in [7, 11) is 0. The maximum absolute atomic E-state index is 12.5. The lowest BCUT2D eigenvalue weighted by atomic mass is 10.2. The van der Waals surface area contributed by atoms with Crippen LogP contribution in [0.5, 0.6) is 5.75 Å². The van der Waals surface area contributed by atoms with E-state index in [2.05, 4.69) is 25.3 Å². The number of ether oxygens (including phenoxy) is 1. The van der Waals surface area contributed by atoms with E-state index in [9.17, 15) is 18.0 Å². The van der Waals surface area contributed by atoms with Gasteiger partial charge in [-0.2, -0.15) is 0 Å². The van der Waals surface area contributed by atoms with E-state index in [-0.39, 0.29) is 12.1 Å². The average molecular weight is 405 g/mol. The van der Waals surface area contributed by atoms with Crippen molar-refractivity contribution in [3.63, 3.8) is 0 Å². The smallest absolute Gasteiger partial charge is 0.405 e. The van der Waals surface area contributed by atoms with E-state index in [0.717, 1.165) is 6.07 Å². The SMILES string of the molecule is Cc1nc(NCCNC(=O)c2ccccc2OC(F)(F)F)cc(-n2cccc2)n1. The molecule has 152 valence electrons. The molecule has 0 saturated heterocycles. The van der Waals surface area contributed by atoms with Crippen LogP contribution in [0, 0.1) is 6.92 Å². The molecule has 0 saturated carbocycles. The number of halogens is 3. The summed E-state index contributed by atoms with van der Waals surface area (Å²) in [5, 5.41) is 5.61. The molecule has 0 aliphatic rings. The maximum Gasteiger partial charge on any atom is 0.573 e. The third-order valence-corrected chi connectivity index (χ3v) is 3.77. The number of alkyl halides is 3. The lowest BCUT2D eigenvalue weighted by molar-refractivity contribution is -0.274. The van der Waals surface area contributed by atoms with Gasteiger partial charge in [-0.05, 0) is 31.2 Å². The summed E-state index contributed by atoms with van der Waals surface area (Å²) in [5.74, 6) is 0.608. The van der Waals surface area contributed by atoms with Crippen LogP contribution in [0.2, 0.25) is 0 Å². The molecule has 0 spiro atoms. The number of rotatable bonds is 7. The fourth-order valence-corrected chi connectivity index (χ4v) is 2.59. The maximum atomic E-state index is 12.5. The van der Waals surface area contributed by atoms with Gasteiger partial charge in [0, 0.05) is 31.5 Å². The summed E-state index contributed by atoms with van der Waals surface area (Å²) in [6.45, 7) is 2.24. The van der Waals surface area contributed by atoms with Gasteiger partial charge < -0.3 is 19.9 Å². The molecule has 0 unspecified atom stereocenters. The average Bonchev–Trinajstić information content (AvgIpc) is 3.19. The standard InChI is InChI=1S/C19H18F3N5O2/c1-13-25-16(12-17(26-13)27-10-4-5-11-27)23-8-9-24-18(28)14-6-2-3-7-15(14)29-19(20,21)22/h2-7,10-12H,8-9H2,1H3,(H,24,28)(H,23,25,26). The molecule has 0 aliphatic carbocycles. The normalized spacial score (nSPS) is 11.2. The van der Waals surface area contributed by atoms with Crippen molar-refractivity contribution in [3.8, 4) is 11.6 Å². The molecular weight excluding hydrogens is 387 g/mol. The minimum absolute atomic E-state index is 0.168. The van der Waals surface area contributed by atoms with Crippen LogP contribution in [0.1, 0.15) is 16.2 Å². The molecule has 2 N–H and O–H groups in total. The highest BCUT2D eigenvalue weighted by molar-refractivity contribution is 5.96. The summed E-state index contributed by atoms with van der Waals surface area (Å²) < 4.78 is 43.1. The van der Waals surface area contributed by atoms with Crippen LogP contribution in [0.15, 0.2) is 54.9 Å². The molecule has 0 atom stereocenters. The number of benzene rings is 1. The second-order valence-electron chi connectivity index (χ2n) is 5.98. The van der Waals surface area contributed by atoms with Crippen LogP contribution in [0.4, 0.5) is 19.0 Å². The first-order valence-corrected chi connectivity index (χ1v) is 8.68. The quantitative estimate of drug-likeness (QED) is 0.590. The molecule has 0 aliphatic heterocycles. The molecule has 7 nitrogen and oxygen atoms in total. The number of anilines is 1. The summed E-state index contributed by atoms with van der Waals surface area (Å²) in [6, 6.07) is 10.7. The highest BCUT2D eigenvalue weighted by atomic mass is 19.4. The minimum atomic E-state index is -4.87. The second kappa shape index (κ2) is 8.63. The van der Waals surface area contributed by atoms with E-state index in [4.69, 9.17) is 0 Å². The van der Waals surface area contributed by atoms with Crippen LogP contribution in [-0.2, 0) is 0 Å². The van der Waals surface area contributed by atoms with Crippen molar-refractivity contribution >= 4 is 11.7 Å². The van der Waals surface area contributed by atoms with Crippen molar-refractivity contribution in [2.45, 2.75) is 13.3 Å². The summed E-state index contributed by atoms with van der Waals surface area (Å²) in [4.78, 5) is 20.8. The Morgan fingerprint density at radius 3 is 2.55 bits per heavy atom. The van der Waals surface area contributed by atoms with Crippen molar-refractivity contribution < 1.29 is 22.7 Å². The minimum Gasteiger partial charge on any atom is -0.405 e. The number of hydrogen-bond donors (Lipinski definition) is 2. The molecule has 1 amide bonds.